The summed E-state index contributed by atoms with van der Waals surface area (Å²) in [5.74, 6) is 2.46. The zero-order valence-corrected chi connectivity index (χ0v) is 19.3. The predicted molar refractivity (Wildman–Crippen MR) is 118 cm³/mol. The van der Waals surface area contributed by atoms with E-state index in [9.17, 15) is 4.79 Å². The number of amides is 1. The molecule has 1 aromatic carbocycles. The van der Waals surface area contributed by atoms with Gasteiger partial charge in [0.1, 0.15) is 5.75 Å². The molecule has 1 fully saturated rings. The van der Waals surface area contributed by atoms with Crippen molar-refractivity contribution in [1.29, 1.82) is 0 Å². The fourth-order valence-corrected chi connectivity index (χ4v) is 4.46. The molecule has 2 aromatic rings. The number of ether oxygens (including phenoxy) is 2. The van der Waals surface area contributed by atoms with Crippen LogP contribution in [0.3, 0.4) is 0 Å². The Labute approximate surface area is 183 Å². The summed E-state index contributed by atoms with van der Waals surface area (Å²) in [6, 6.07) is 8.27. The van der Waals surface area contributed by atoms with Crippen LogP contribution in [0.4, 0.5) is 0 Å². The van der Waals surface area contributed by atoms with Crippen LogP contribution >= 0.6 is 11.8 Å². The molecule has 1 amide bonds. The Balaban J connectivity index is 1.73. The molecule has 1 aliphatic heterocycles. The normalized spacial score (nSPS) is 15.6. The van der Waals surface area contributed by atoms with Crippen molar-refractivity contribution in [2.24, 2.45) is 0 Å². The number of morpholine rings is 1. The molecule has 1 aliphatic rings. The van der Waals surface area contributed by atoms with Crippen LogP contribution < -0.4 is 4.74 Å². The molecule has 0 bridgehead atoms. The molecule has 0 N–H and O–H groups in total. The first kappa shape index (κ1) is 22.6. The third kappa shape index (κ3) is 5.35. The van der Waals surface area contributed by atoms with E-state index in [2.05, 4.69) is 48.5 Å². The van der Waals surface area contributed by atoms with E-state index in [-0.39, 0.29) is 18.1 Å². The second kappa shape index (κ2) is 10.3. The topological polar surface area (TPSA) is 69.5 Å². The zero-order valence-electron chi connectivity index (χ0n) is 18.5. The number of benzene rings is 1. The fraction of sp³-hybridized carbons (Fsp3) is 0.591. The van der Waals surface area contributed by atoms with Crippen LogP contribution in [0.2, 0.25) is 0 Å². The van der Waals surface area contributed by atoms with E-state index in [0.29, 0.717) is 38.0 Å². The second-order valence-corrected chi connectivity index (χ2v) is 8.98. The largest absolute Gasteiger partial charge is 0.482 e. The molecule has 0 saturated carbocycles. The summed E-state index contributed by atoms with van der Waals surface area (Å²) in [4.78, 5) is 14.4. The van der Waals surface area contributed by atoms with E-state index in [4.69, 9.17) is 9.47 Å². The first-order valence-electron chi connectivity index (χ1n) is 10.6. The minimum absolute atomic E-state index is 0.110. The number of thioether (sulfide) groups is 1. The molecule has 8 heteroatoms. The minimum atomic E-state index is -0.260. The number of hydrogen-bond donors (Lipinski definition) is 0. The van der Waals surface area contributed by atoms with E-state index < -0.39 is 0 Å². The smallest absolute Gasteiger partial charge is 0.233 e. The third-order valence-electron chi connectivity index (χ3n) is 5.10. The van der Waals surface area contributed by atoms with Crippen molar-refractivity contribution < 1.29 is 14.3 Å². The molecule has 1 aromatic heterocycles. The highest BCUT2D eigenvalue weighted by molar-refractivity contribution is 7.99. The van der Waals surface area contributed by atoms with Gasteiger partial charge in [0.05, 0.1) is 19.0 Å². The Morgan fingerprint density at radius 2 is 1.83 bits per heavy atom. The summed E-state index contributed by atoms with van der Waals surface area (Å²) in [6.07, 6.45) is -0.260. The van der Waals surface area contributed by atoms with Crippen molar-refractivity contribution in [1.82, 2.24) is 19.7 Å². The standard InChI is InChI=1S/C22H32N4O3S/c1-15(2)18-8-6-7-9-19(18)29-17(5)21-23-24-22(26(21)16(3)4)30-14-20(27)25-10-12-28-13-11-25/h6-9,15-17H,10-14H2,1-5H3. The van der Waals surface area contributed by atoms with Crippen molar-refractivity contribution in [3.63, 3.8) is 0 Å². The molecule has 30 heavy (non-hydrogen) atoms. The number of carbonyl (C=O) groups excluding carboxylic acids is 1. The van der Waals surface area contributed by atoms with Crippen LogP contribution in [0.25, 0.3) is 0 Å². The SMILES string of the molecule is CC(C)c1ccccc1OC(C)c1nnc(SCC(=O)N2CCOCC2)n1C(C)C. The molecule has 1 saturated heterocycles. The maximum atomic E-state index is 12.5. The maximum absolute atomic E-state index is 12.5. The van der Waals surface area contributed by atoms with Crippen molar-refractivity contribution in [3.05, 3.63) is 35.7 Å². The highest BCUT2D eigenvalue weighted by atomic mass is 32.2. The lowest BCUT2D eigenvalue weighted by Gasteiger charge is -2.26. The molecule has 0 aliphatic carbocycles. The molecule has 0 spiro atoms. The highest BCUT2D eigenvalue weighted by Gasteiger charge is 2.24. The maximum Gasteiger partial charge on any atom is 0.233 e. The molecule has 1 unspecified atom stereocenters. The number of nitrogens with zero attached hydrogens (tertiary/aromatic N) is 4. The number of aromatic nitrogens is 3. The molecular weight excluding hydrogens is 400 g/mol. The molecule has 0 radical (unpaired) electrons. The van der Waals surface area contributed by atoms with Gasteiger partial charge in [-0.05, 0) is 38.3 Å². The molecule has 2 heterocycles. The van der Waals surface area contributed by atoms with Gasteiger partial charge in [-0.3, -0.25) is 4.79 Å². The number of hydrogen-bond acceptors (Lipinski definition) is 6. The van der Waals surface area contributed by atoms with Crippen molar-refractivity contribution in [3.8, 4) is 5.75 Å². The lowest BCUT2D eigenvalue weighted by atomic mass is 10.0. The second-order valence-electron chi connectivity index (χ2n) is 8.04. The van der Waals surface area contributed by atoms with E-state index >= 15 is 0 Å². The predicted octanol–water partition coefficient (Wildman–Crippen LogP) is 4.07. The van der Waals surface area contributed by atoms with Crippen molar-refractivity contribution in [2.75, 3.05) is 32.1 Å². The van der Waals surface area contributed by atoms with E-state index in [1.54, 1.807) is 0 Å². The van der Waals surface area contributed by atoms with Gasteiger partial charge in [-0.1, -0.05) is 43.8 Å². The number of para-hydroxylation sites is 1. The summed E-state index contributed by atoms with van der Waals surface area (Å²) >= 11 is 1.43. The van der Waals surface area contributed by atoms with Crippen LogP contribution in [0.1, 0.15) is 64.1 Å². The third-order valence-corrected chi connectivity index (χ3v) is 6.03. The fourth-order valence-electron chi connectivity index (χ4n) is 3.49. The summed E-state index contributed by atoms with van der Waals surface area (Å²) in [6.45, 7) is 13.0. The van der Waals surface area contributed by atoms with Crippen LogP contribution in [0.5, 0.6) is 5.75 Å². The van der Waals surface area contributed by atoms with E-state index in [0.717, 1.165) is 16.7 Å². The molecule has 7 nitrogen and oxygen atoms in total. The lowest BCUT2D eigenvalue weighted by Crippen LogP contribution is -2.41. The molecule has 3 rings (SSSR count). The Bertz CT molecular complexity index is 847. The summed E-state index contributed by atoms with van der Waals surface area (Å²) < 4.78 is 13.7. The highest BCUT2D eigenvalue weighted by Crippen LogP contribution is 2.31. The first-order valence-corrected chi connectivity index (χ1v) is 11.6. The van der Waals surface area contributed by atoms with Gasteiger partial charge in [0.2, 0.25) is 5.91 Å². The first-order chi connectivity index (χ1) is 14.4. The summed E-state index contributed by atoms with van der Waals surface area (Å²) in [5, 5.41) is 9.54. The Morgan fingerprint density at radius 3 is 2.50 bits per heavy atom. The number of carbonyl (C=O) groups is 1. The van der Waals surface area contributed by atoms with Gasteiger partial charge in [-0.15, -0.1) is 10.2 Å². The van der Waals surface area contributed by atoms with Crippen molar-refractivity contribution >= 4 is 17.7 Å². The summed E-state index contributed by atoms with van der Waals surface area (Å²) in [5.41, 5.74) is 1.17. The van der Waals surface area contributed by atoms with Crippen LogP contribution in [0, 0.1) is 0 Å². The average Bonchev–Trinajstić information content (AvgIpc) is 3.17. The quantitative estimate of drug-likeness (QED) is 0.586. The van der Waals surface area contributed by atoms with Crippen molar-refractivity contribution in [2.45, 2.75) is 57.8 Å². The van der Waals surface area contributed by atoms with Gasteiger partial charge >= 0.3 is 0 Å². The lowest BCUT2D eigenvalue weighted by molar-refractivity contribution is -0.132. The Kier molecular flexibility index (Phi) is 7.77. The van der Waals surface area contributed by atoms with Gasteiger partial charge in [0.15, 0.2) is 17.1 Å². The van der Waals surface area contributed by atoms with Gasteiger partial charge in [0, 0.05) is 19.1 Å². The van der Waals surface area contributed by atoms with Crippen LogP contribution in [0.15, 0.2) is 29.4 Å². The van der Waals surface area contributed by atoms with E-state index in [1.165, 1.54) is 17.3 Å². The molecular formula is C22H32N4O3S. The van der Waals surface area contributed by atoms with Gasteiger partial charge in [0.25, 0.3) is 0 Å². The molecule has 1 atom stereocenters. The average molecular weight is 433 g/mol. The summed E-state index contributed by atoms with van der Waals surface area (Å²) in [7, 11) is 0. The van der Waals surface area contributed by atoms with Crippen LogP contribution in [-0.4, -0.2) is 57.6 Å². The Morgan fingerprint density at radius 1 is 1.13 bits per heavy atom. The van der Waals surface area contributed by atoms with Gasteiger partial charge in [-0.25, -0.2) is 0 Å². The van der Waals surface area contributed by atoms with Gasteiger partial charge < -0.3 is 18.9 Å². The zero-order chi connectivity index (χ0) is 21.7. The Hall–Kier alpha value is -2.06. The monoisotopic (exact) mass is 432 g/mol. The number of rotatable bonds is 8. The molecule has 164 valence electrons. The van der Waals surface area contributed by atoms with Crippen LogP contribution in [-0.2, 0) is 9.53 Å². The minimum Gasteiger partial charge on any atom is -0.482 e. The van der Waals surface area contributed by atoms with Gasteiger partial charge in [-0.2, -0.15) is 0 Å². The van der Waals surface area contributed by atoms with E-state index in [1.807, 2.05) is 30.0 Å².